The van der Waals surface area contributed by atoms with Crippen LogP contribution in [0.2, 0.25) is 0 Å². The molecular formula is C21H21F4N5O. The van der Waals surface area contributed by atoms with Crippen molar-refractivity contribution in [1.29, 1.82) is 0 Å². The van der Waals surface area contributed by atoms with Crippen molar-refractivity contribution in [1.82, 2.24) is 19.9 Å². The van der Waals surface area contributed by atoms with Crippen LogP contribution in [-0.2, 0) is 17.3 Å². The van der Waals surface area contributed by atoms with Crippen molar-refractivity contribution in [2.75, 3.05) is 31.6 Å². The zero-order valence-electron chi connectivity index (χ0n) is 16.5. The normalized spacial score (nSPS) is 22.5. The topological polar surface area (TPSA) is 66.1 Å². The number of fused-ring (bicyclic) bond motifs is 2. The molecule has 2 N–H and O–H groups in total. The number of H-pyrrole nitrogens is 1. The molecule has 0 radical (unpaired) electrons. The van der Waals surface area contributed by atoms with Gasteiger partial charge in [-0.2, -0.15) is 13.2 Å². The monoisotopic (exact) mass is 435 g/mol. The second-order valence-corrected chi connectivity index (χ2v) is 7.88. The molecule has 0 amide bonds. The van der Waals surface area contributed by atoms with Gasteiger partial charge in [0, 0.05) is 19.1 Å². The van der Waals surface area contributed by atoms with Gasteiger partial charge < -0.3 is 15.0 Å². The van der Waals surface area contributed by atoms with Crippen molar-refractivity contribution in [2.24, 2.45) is 0 Å². The van der Waals surface area contributed by atoms with Gasteiger partial charge in [0.1, 0.15) is 29.3 Å². The van der Waals surface area contributed by atoms with Gasteiger partial charge in [-0.3, -0.25) is 4.90 Å². The van der Waals surface area contributed by atoms with Crippen molar-refractivity contribution < 1.29 is 22.3 Å². The highest BCUT2D eigenvalue weighted by molar-refractivity contribution is 5.88. The van der Waals surface area contributed by atoms with E-state index in [0.717, 1.165) is 43.1 Å². The summed E-state index contributed by atoms with van der Waals surface area (Å²) in [5, 5.41) is 3.64. The Morgan fingerprint density at radius 1 is 1.13 bits per heavy atom. The third-order valence-corrected chi connectivity index (χ3v) is 6.07. The third-order valence-electron chi connectivity index (χ3n) is 6.07. The number of morpholine rings is 1. The second kappa shape index (κ2) is 7.76. The van der Waals surface area contributed by atoms with Crippen LogP contribution in [0.4, 0.5) is 23.4 Å². The molecule has 3 heterocycles. The first kappa shape index (κ1) is 20.2. The van der Waals surface area contributed by atoms with E-state index in [0.29, 0.717) is 19.0 Å². The number of anilines is 1. The molecule has 0 unspecified atom stereocenters. The van der Waals surface area contributed by atoms with E-state index in [4.69, 9.17) is 4.74 Å². The average Bonchev–Trinajstić information content (AvgIpc) is 3.20. The van der Waals surface area contributed by atoms with Crippen LogP contribution in [0.15, 0.2) is 30.6 Å². The van der Waals surface area contributed by atoms with Gasteiger partial charge in [-0.15, -0.1) is 0 Å². The summed E-state index contributed by atoms with van der Waals surface area (Å²) in [6.07, 6.45) is -1.75. The van der Waals surface area contributed by atoms with Crippen LogP contribution in [0.25, 0.3) is 11.0 Å². The fourth-order valence-corrected chi connectivity index (χ4v) is 4.60. The number of halogens is 4. The molecule has 2 aliphatic rings. The number of nitrogens with zero attached hydrogens (tertiary/aromatic N) is 3. The van der Waals surface area contributed by atoms with E-state index in [9.17, 15) is 17.6 Å². The smallest absolute Gasteiger partial charge is 0.379 e. The molecule has 1 aliphatic heterocycles. The summed E-state index contributed by atoms with van der Waals surface area (Å²) in [5.41, 5.74) is 1.07. The molecule has 0 saturated carbocycles. The first-order valence-electron chi connectivity index (χ1n) is 10.2. The first-order valence-corrected chi connectivity index (χ1v) is 10.2. The maximum absolute atomic E-state index is 13.8. The number of hydrogen-bond donors (Lipinski definition) is 2. The maximum atomic E-state index is 13.8. The number of ether oxygens (including phenoxy) is 1. The van der Waals surface area contributed by atoms with Gasteiger partial charge >= 0.3 is 6.18 Å². The highest BCUT2D eigenvalue weighted by atomic mass is 19.4. The summed E-state index contributed by atoms with van der Waals surface area (Å²) in [6.45, 7) is 2.79. The number of nitrogens with one attached hydrogen (secondary N) is 2. The Labute approximate surface area is 175 Å². The van der Waals surface area contributed by atoms with Gasteiger partial charge in [0.15, 0.2) is 0 Å². The molecule has 0 bridgehead atoms. The number of aromatic nitrogens is 3. The maximum Gasteiger partial charge on any atom is 0.431 e. The van der Waals surface area contributed by atoms with E-state index in [1.54, 1.807) is 6.07 Å². The summed E-state index contributed by atoms with van der Waals surface area (Å²) >= 11 is 0. The Balaban J connectivity index is 1.55. The minimum absolute atomic E-state index is 0.0768. The molecule has 3 aromatic rings. The van der Waals surface area contributed by atoms with E-state index in [2.05, 4.69) is 25.2 Å². The Morgan fingerprint density at radius 3 is 2.71 bits per heavy atom. The number of benzene rings is 1. The molecule has 2 atom stereocenters. The van der Waals surface area contributed by atoms with Gasteiger partial charge in [-0.05, 0) is 42.2 Å². The molecule has 1 fully saturated rings. The van der Waals surface area contributed by atoms with E-state index >= 15 is 0 Å². The zero-order chi connectivity index (χ0) is 21.6. The number of hydrogen-bond acceptors (Lipinski definition) is 5. The summed E-state index contributed by atoms with van der Waals surface area (Å²) in [7, 11) is 0. The van der Waals surface area contributed by atoms with Crippen molar-refractivity contribution in [3.05, 3.63) is 53.2 Å². The predicted molar refractivity (Wildman–Crippen MR) is 106 cm³/mol. The van der Waals surface area contributed by atoms with Crippen LogP contribution in [0, 0.1) is 5.82 Å². The predicted octanol–water partition coefficient (Wildman–Crippen LogP) is 3.92. The molecule has 10 heteroatoms. The minimum Gasteiger partial charge on any atom is -0.379 e. The number of rotatable bonds is 3. The molecule has 5 rings (SSSR count). The molecule has 1 aliphatic carbocycles. The van der Waals surface area contributed by atoms with Crippen molar-refractivity contribution in [3.63, 3.8) is 0 Å². The average molecular weight is 435 g/mol. The highest BCUT2D eigenvalue weighted by Gasteiger charge is 2.36. The quantitative estimate of drug-likeness (QED) is 0.611. The largest absolute Gasteiger partial charge is 0.431 e. The summed E-state index contributed by atoms with van der Waals surface area (Å²) in [6, 6.07) is 5.55. The molecule has 1 aromatic carbocycles. The molecule has 1 saturated heterocycles. The van der Waals surface area contributed by atoms with E-state index in [-0.39, 0.29) is 28.9 Å². The van der Waals surface area contributed by atoms with Crippen molar-refractivity contribution in [3.8, 4) is 0 Å². The van der Waals surface area contributed by atoms with Crippen LogP contribution in [0.5, 0.6) is 0 Å². The fraction of sp³-hybridized carbons (Fsp3) is 0.429. The van der Waals surface area contributed by atoms with Gasteiger partial charge in [0.25, 0.3) is 0 Å². The van der Waals surface area contributed by atoms with Gasteiger partial charge in [-0.1, -0.05) is 6.07 Å². The van der Waals surface area contributed by atoms with Crippen molar-refractivity contribution >= 4 is 16.9 Å². The number of aromatic amines is 1. The number of alkyl halides is 3. The molecule has 0 spiro atoms. The van der Waals surface area contributed by atoms with Crippen LogP contribution in [-0.4, -0.2) is 52.2 Å². The third kappa shape index (κ3) is 3.85. The molecular weight excluding hydrogens is 414 g/mol. The lowest BCUT2D eigenvalue weighted by Gasteiger charge is -2.43. The summed E-state index contributed by atoms with van der Waals surface area (Å²) in [5.74, 6) is 0.0180. The SMILES string of the molecule is Fc1ccc2c(c1)CC[C@@H](N1CCOCC1)[C@@H]2Nc1ncnc2[nH]c(C(F)(F)F)cc12. The Hall–Kier alpha value is -2.72. The zero-order valence-corrected chi connectivity index (χ0v) is 16.5. The molecule has 6 nitrogen and oxygen atoms in total. The van der Waals surface area contributed by atoms with Gasteiger partial charge in [0.2, 0.25) is 0 Å². The van der Waals surface area contributed by atoms with Crippen molar-refractivity contribution in [2.45, 2.75) is 31.1 Å². The lowest BCUT2D eigenvalue weighted by atomic mass is 9.83. The number of aryl methyl sites for hydroxylation is 1. The molecule has 31 heavy (non-hydrogen) atoms. The summed E-state index contributed by atoms with van der Waals surface area (Å²) in [4.78, 5) is 12.8. The Kier molecular flexibility index (Phi) is 5.05. The van der Waals surface area contributed by atoms with Crippen LogP contribution < -0.4 is 5.32 Å². The lowest BCUT2D eigenvalue weighted by Crippen LogP contribution is -2.49. The van der Waals surface area contributed by atoms with E-state index in [1.807, 2.05) is 0 Å². The Bertz CT molecular complexity index is 1090. The minimum atomic E-state index is -4.51. The summed E-state index contributed by atoms with van der Waals surface area (Å²) < 4.78 is 58.9. The highest BCUT2D eigenvalue weighted by Crippen LogP contribution is 2.38. The van der Waals surface area contributed by atoms with E-state index < -0.39 is 11.9 Å². The second-order valence-electron chi connectivity index (χ2n) is 7.88. The van der Waals surface area contributed by atoms with E-state index in [1.165, 1.54) is 18.5 Å². The van der Waals surface area contributed by atoms with Crippen LogP contribution in [0.3, 0.4) is 0 Å². The first-order chi connectivity index (χ1) is 14.9. The van der Waals surface area contributed by atoms with Crippen LogP contribution >= 0.6 is 0 Å². The molecule has 2 aromatic heterocycles. The van der Waals surface area contributed by atoms with Gasteiger partial charge in [-0.25, -0.2) is 14.4 Å². The fourth-order valence-electron chi connectivity index (χ4n) is 4.60. The lowest BCUT2D eigenvalue weighted by molar-refractivity contribution is -0.140. The standard InChI is InChI=1S/C21H21F4N5O/c22-13-2-3-14-12(9-13)1-4-16(30-5-7-31-8-6-30)18(14)29-20-15-10-17(21(23,24)25)28-19(15)26-11-27-20/h2-3,9-11,16,18H,1,4-8H2,(H2,26,27,28,29)/t16-,18-/m1/s1. The van der Waals surface area contributed by atoms with Gasteiger partial charge in [0.05, 0.1) is 24.6 Å². The van der Waals surface area contributed by atoms with Crippen LogP contribution in [0.1, 0.15) is 29.3 Å². The Morgan fingerprint density at radius 2 is 1.94 bits per heavy atom. The molecule has 164 valence electrons.